The Bertz CT molecular complexity index is 947. The molecule has 0 saturated carbocycles. The van der Waals surface area contributed by atoms with Crippen LogP contribution in [0.15, 0.2) is 21.9 Å². The van der Waals surface area contributed by atoms with Crippen molar-refractivity contribution in [1.29, 1.82) is 0 Å². The molecule has 0 radical (unpaired) electrons. The lowest BCUT2D eigenvalue weighted by molar-refractivity contribution is -0.173. The third-order valence-electron chi connectivity index (χ3n) is 4.72. The van der Waals surface area contributed by atoms with Crippen LogP contribution in [0, 0.1) is 17.8 Å². The molecule has 1 aromatic rings. The molecule has 1 aliphatic rings. The second kappa shape index (κ2) is 10.6. The number of rotatable bonds is 8. The van der Waals surface area contributed by atoms with Gasteiger partial charge in [0, 0.05) is 12.3 Å². The Morgan fingerprint density at radius 3 is 1.97 bits per heavy atom. The van der Waals surface area contributed by atoms with Crippen molar-refractivity contribution in [3.05, 3.63) is 33.1 Å². The number of hydrogen-bond acceptors (Lipinski definition) is 9. The Morgan fingerprint density at radius 1 is 0.938 bits per heavy atom. The number of hydrogen-bond donors (Lipinski definition) is 1. The maximum atomic E-state index is 12.4. The second-order valence-electron chi connectivity index (χ2n) is 8.48. The summed E-state index contributed by atoms with van der Waals surface area (Å²) in [5.74, 6) is -3.10. The normalized spacial score (nSPS) is 22.9. The number of carbonyl (C=O) groups is 3. The molecule has 0 bridgehead atoms. The van der Waals surface area contributed by atoms with E-state index in [1.54, 1.807) is 41.5 Å². The Morgan fingerprint density at radius 2 is 1.47 bits per heavy atom. The average molecular weight is 454 g/mol. The van der Waals surface area contributed by atoms with Crippen LogP contribution in [0.4, 0.5) is 0 Å². The summed E-state index contributed by atoms with van der Waals surface area (Å²) < 4.78 is 23.3. The Labute approximate surface area is 185 Å². The van der Waals surface area contributed by atoms with Gasteiger partial charge in [0.25, 0.3) is 5.56 Å². The van der Waals surface area contributed by atoms with E-state index < -0.39 is 71.5 Å². The largest absolute Gasteiger partial charge is 0.463 e. The minimum atomic E-state index is -1.23. The van der Waals surface area contributed by atoms with Gasteiger partial charge in [0.15, 0.2) is 18.4 Å². The molecule has 178 valence electrons. The fourth-order valence-corrected chi connectivity index (χ4v) is 2.83. The van der Waals surface area contributed by atoms with Crippen molar-refractivity contribution in [2.24, 2.45) is 17.8 Å². The van der Waals surface area contributed by atoms with Crippen LogP contribution < -0.4 is 11.2 Å². The van der Waals surface area contributed by atoms with Crippen LogP contribution >= 0.6 is 0 Å². The Hall–Kier alpha value is -2.95. The van der Waals surface area contributed by atoms with Crippen LogP contribution in [0.2, 0.25) is 0 Å². The van der Waals surface area contributed by atoms with E-state index in [9.17, 15) is 24.0 Å². The molecule has 1 N–H and O–H groups in total. The first-order valence-electron chi connectivity index (χ1n) is 10.5. The fourth-order valence-electron chi connectivity index (χ4n) is 2.83. The van der Waals surface area contributed by atoms with Crippen LogP contribution in [0.1, 0.15) is 47.8 Å². The highest BCUT2D eigenvalue weighted by Crippen LogP contribution is 2.34. The summed E-state index contributed by atoms with van der Waals surface area (Å²) in [5.41, 5.74) is -1.42. The Balaban J connectivity index is 2.46. The summed E-state index contributed by atoms with van der Waals surface area (Å²) in [4.78, 5) is 62.7. The zero-order chi connectivity index (χ0) is 24.2. The molecule has 0 aliphatic carbocycles. The van der Waals surface area contributed by atoms with Gasteiger partial charge in [-0.15, -0.1) is 0 Å². The molecule has 1 aromatic heterocycles. The Kier molecular flexibility index (Phi) is 8.37. The van der Waals surface area contributed by atoms with E-state index in [4.69, 9.17) is 18.9 Å². The molecule has 0 spiro atoms. The second-order valence-corrected chi connectivity index (χ2v) is 8.48. The first-order valence-corrected chi connectivity index (χ1v) is 10.5. The number of aromatic nitrogens is 2. The molecule has 0 aromatic carbocycles. The number of nitrogens with one attached hydrogen (secondary N) is 1. The van der Waals surface area contributed by atoms with E-state index in [1.807, 2.05) is 0 Å². The van der Waals surface area contributed by atoms with Crippen molar-refractivity contribution in [1.82, 2.24) is 9.55 Å². The van der Waals surface area contributed by atoms with Gasteiger partial charge in [0.05, 0.1) is 17.8 Å². The molecular formula is C21H30N2O9. The van der Waals surface area contributed by atoms with Crippen LogP contribution in [0.25, 0.3) is 0 Å². The van der Waals surface area contributed by atoms with Crippen molar-refractivity contribution >= 4 is 17.9 Å². The highest BCUT2D eigenvalue weighted by Gasteiger charge is 2.51. The summed E-state index contributed by atoms with van der Waals surface area (Å²) >= 11 is 0. The minimum Gasteiger partial charge on any atom is -0.463 e. The first-order chi connectivity index (χ1) is 14.9. The molecule has 11 heteroatoms. The number of ether oxygens (including phenoxy) is 4. The standard InChI is InChI=1S/C21H30N2O9/c1-10(2)18(25)29-9-13-15(31-19(26)11(3)4)16(32-20(27)12(5)6)17(30-13)23-8-7-14(24)22-21(23)28/h7-8,10-13,15-17H,9H2,1-6H3,(H,22,24,28)/t13-,15-,16-,17?/m1/s1. The predicted octanol–water partition coefficient (Wildman–Crippen LogP) is 0.769. The van der Waals surface area contributed by atoms with E-state index in [0.717, 1.165) is 10.6 Å². The average Bonchev–Trinajstić information content (AvgIpc) is 3.02. The van der Waals surface area contributed by atoms with E-state index in [0.29, 0.717) is 0 Å². The molecule has 0 amide bonds. The lowest BCUT2D eigenvalue weighted by Gasteiger charge is -2.26. The zero-order valence-corrected chi connectivity index (χ0v) is 19.0. The van der Waals surface area contributed by atoms with Gasteiger partial charge in [-0.05, 0) is 0 Å². The lowest BCUT2D eigenvalue weighted by Crippen LogP contribution is -2.44. The maximum Gasteiger partial charge on any atom is 0.330 e. The van der Waals surface area contributed by atoms with Gasteiger partial charge in [-0.1, -0.05) is 41.5 Å². The molecule has 11 nitrogen and oxygen atoms in total. The van der Waals surface area contributed by atoms with E-state index >= 15 is 0 Å². The minimum absolute atomic E-state index is 0.294. The number of H-pyrrole nitrogens is 1. The third kappa shape index (κ3) is 6.06. The van der Waals surface area contributed by atoms with E-state index in [-0.39, 0.29) is 6.61 Å². The van der Waals surface area contributed by atoms with Gasteiger partial charge >= 0.3 is 23.6 Å². The molecule has 4 atom stereocenters. The number of aromatic amines is 1. The van der Waals surface area contributed by atoms with Crippen LogP contribution in [0.3, 0.4) is 0 Å². The van der Waals surface area contributed by atoms with Crippen molar-refractivity contribution in [2.45, 2.75) is 66.1 Å². The smallest absolute Gasteiger partial charge is 0.330 e. The van der Waals surface area contributed by atoms with Crippen molar-refractivity contribution in [3.63, 3.8) is 0 Å². The third-order valence-corrected chi connectivity index (χ3v) is 4.72. The molecule has 1 fully saturated rings. The summed E-state index contributed by atoms with van der Waals surface area (Å²) in [6.45, 7) is 9.52. The first kappa shape index (κ1) is 25.3. The summed E-state index contributed by atoms with van der Waals surface area (Å²) in [6.07, 6.45) is -3.44. The lowest BCUT2D eigenvalue weighted by atomic mass is 10.1. The van der Waals surface area contributed by atoms with Crippen molar-refractivity contribution < 1.29 is 33.3 Å². The van der Waals surface area contributed by atoms with Crippen LogP contribution in [-0.4, -0.2) is 52.4 Å². The summed E-state index contributed by atoms with van der Waals surface area (Å²) in [6, 6.07) is 1.10. The monoisotopic (exact) mass is 454 g/mol. The quantitative estimate of drug-likeness (QED) is 0.445. The number of nitrogens with zero attached hydrogens (tertiary/aromatic N) is 1. The SMILES string of the molecule is CC(C)C(=O)OC[C@H]1OC(n2ccc(=O)[nH]c2=O)[C@H](OC(=O)C(C)C)[C@@H]1OC(=O)C(C)C. The molecule has 1 unspecified atom stereocenters. The molecule has 32 heavy (non-hydrogen) atoms. The number of carbonyl (C=O) groups excluding carboxylic acids is 3. The highest BCUT2D eigenvalue weighted by atomic mass is 16.7. The zero-order valence-electron chi connectivity index (χ0n) is 19.0. The van der Waals surface area contributed by atoms with Gasteiger partial charge in [0.1, 0.15) is 12.7 Å². The molecular weight excluding hydrogens is 424 g/mol. The van der Waals surface area contributed by atoms with Gasteiger partial charge < -0.3 is 18.9 Å². The van der Waals surface area contributed by atoms with Crippen LogP contribution in [0.5, 0.6) is 0 Å². The highest BCUT2D eigenvalue weighted by molar-refractivity contribution is 5.73. The molecule has 2 rings (SSSR count). The van der Waals surface area contributed by atoms with E-state index in [2.05, 4.69) is 4.98 Å². The van der Waals surface area contributed by atoms with Gasteiger partial charge in [0.2, 0.25) is 0 Å². The van der Waals surface area contributed by atoms with E-state index in [1.165, 1.54) is 6.20 Å². The molecule has 2 heterocycles. The van der Waals surface area contributed by atoms with Gasteiger partial charge in [-0.3, -0.25) is 28.7 Å². The molecule has 1 aliphatic heterocycles. The maximum absolute atomic E-state index is 12.4. The van der Waals surface area contributed by atoms with Crippen LogP contribution in [-0.2, 0) is 33.3 Å². The topological polar surface area (TPSA) is 143 Å². The van der Waals surface area contributed by atoms with Crippen molar-refractivity contribution in [2.75, 3.05) is 6.61 Å². The number of esters is 3. The summed E-state index contributed by atoms with van der Waals surface area (Å²) in [7, 11) is 0. The van der Waals surface area contributed by atoms with Crippen molar-refractivity contribution in [3.8, 4) is 0 Å². The predicted molar refractivity (Wildman–Crippen MR) is 110 cm³/mol. The summed E-state index contributed by atoms with van der Waals surface area (Å²) in [5, 5.41) is 0. The van der Waals surface area contributed by atoms with Gasteiger partial charge in [-0.2, -0.15) is 0 Å². The van der Waals surface area contributed by atoms with Gasteiger partial charge in [-0.25, -0.2) is 4.79 Å². The molecule has 1 saturated heterocycles. The fraction of sp³-hybridized carbons (Fsp3) is 0.667.